The number of amides is 1. The van der Waals surface area contributed by atoms with Gasteiger partial charge < -0.3 is 24.9 Å². The number of rotatable bonds is 7. The molecule has 0 saturated heterocycles. The van der Waals surface area contributed by atoms with Crippen LogP contribution in [0.1, 0.15) is 5.56 Å². The molecule has 140 valence electrons. The number of aliphatic carboxylic acids is 1. The molecule has 0 unspecified atom stereocenters. The fraction of sp³-hybridized carbons (Fsp3) is 0.158. The maximum absolute atomic E-state index is 12.1. The molecule has 6 nitrogen and oxygen atoms in total. The number of carbonyl (C=O) groups excluding carboxylic acids is 2. The second-order valence-electron chi connectivity index (χ2n) is 5.87. The Morgan fingerprint density at radius 1 is 1.19 bits per heavy atom. The van der Waals surface area contributed by atoms with E-state index in [0.29, 0.717) is 10.0 Å². The molecule has 0 spiro atoms. The fourth-order valence-corrected chi connectivity index (χ4v) is 3.01. The van der Waals surface area contributed by atoms with Crippen LogP contribution < -0.4 is 15.2 Å². The summed E-state index contributed by atoms with van der Waals surface area (Å²) in [6, 6.07) is 10.9. The Morgan fingerprint density at radius 3 is 2.74 bits per heavy atom. The molecular weight excluding hydrogens is 391 g/mol. The number of nitrogens with one attached hydrogen (secondary N) is 2. The fourth-order valence-electron chi connectivity index (χ4n) is 2.68. The highest BCUT2D eigenvalue weighted by molar-refractivity contribution is 6.34. The zero-order chi connectivity index (χ0) is 19.4. The van der Waals surface area contributed by atoms with Crippen LogP contribution in [0.2, 0.25) is 10.0 Å². The average molecular weight is 406 g/mol. The Morgan fingerprint density at radius 2 is 1.96 bits per heavy atom. The van der Waals surface area contributed by atoms with Crippen molar-refractivity contribution < 1.29 is 19.4 Å². The van der Waals surface area contributed by atoms with E-state index in [1.807, 2.05) is 24.3 Å². The molecule has 27 heavy (non-hydrogen) atoms. The number of carboxylic acids is 1. The Kier molecular flexibility index (Phi) is 5.88. The Bertz CT molecular complexity index is 987. The Labute approximate surface area is 165 Å². The molecule has 3 rings (SSSR count). The van der Waals surface area contributed by atoms with Crippen LogP contribution in [0, 0.1) is 0 Å². The van der Waals surface area contributed by atoms with E-state index >= 15 is 0 Å². The van der Waals surface area contributed by atoms with Crippen molar-refractivity contribution in [1.29, 1.82) is 0 Å². The number of hydrogen-bond acceptors (Lipinski definition) is 4. The summed E-state index contributed by atoms with van der Waals surface area (Å²) in [5.74, 6) is -1.75. The van der Waals surface area contributed by atoms with E-state index in [1.165, 1.54) is 12.1 Å². The van der Waals surface area contributed by atoms with E-state index in [4.69, 9.17) is 27.9 Å². The lowest BCUT2D eigenvalue weighted by Gasteiger charge is -2.19. The third-order valence-corrected chi connectivity index (χ3v) is 4.52. The van der Waals surface area contributed by atoms with Crippen LogP contribution >= 0.6 is 23.2 Å². The number of benzene rings is 2. The van der Waals surface area contributed by atoms with E-state index in [-0.39, 0.29) is 12.2 Å². The number of ether oxygens (including phenoxy) is 1. The lowest BCUT2D eigenvalue weighted by Crippen LogP contribution is -2.50. The molecule has 0 fully saturated rings. The molecule has 3 aromatic rings. The highest BCUT2D eigenvalue weighted by atomic mass is 35.5. The van der Waals surface area contributed by atoms with Crippen LogP contribution in [-0.4, -0.2) is 29.5 Å². The minimum atomic E-state index is -1.38. The van der Waals surface area contributed by atoms with Gasteiger partial charge in [0.05, 0.1) is 17.0 Å². The van der Waals surface area contributed by atoms with Crippen LogP contribution in [-0.2, 0) is 16.0 Å². The van der Waals surface area contributed by atoms with Gasteiger partial charge in [0.25, 0.3) is 5.91 Å². The predicted octanol–water partition coefficient (Wildman–Crippen LogP) is 2.33. The van der Waals surface area contributed by atoms with Crippen LogP contribution in [0.3, 0.4) is 0 Å². The number of halogens is 2. The topological polar surface area (TPSA) is 94.2 Å². The van der Waals surface area contributed by atoms with Crippen LogP contribution in [0.5, 0.6) is 5.75 Å². The van der Waals surface area contributed by atoms with Crippen molar-refractivity contribution in [1.82, 2.24) is 10.3 Å². The largest absolute Gasteiger partial charge is 0.548 e. The zero-order valence-electron chi connectivity index (χ0n) is 14.0. The third kappa shape index (κ3) is 4.72. The summed E-state index contributed by atoms with van der Waals surface area (Å²) in [5.41, 5.74) is 1.65. The van der Waals surface area contributed by atoms with Crippen LogP contribution in [0.15, 0.2) is 48.7 Å². The molecule has 0 saturated carbocycles. The predicted molar refractivity (Wildman–Crippen MR) is 101 cm³/mol. The highest BCUT2D eigenvalue weighted by Crippen LogP contribution is 2.27. The molecule has 1 aromatic heterocycles. The number of fused-ring (bicyclic) bond motifs is 1. The number of aromatic nitrogens is 1. The Hall–Kier alpha value is -2.70. The summed E-state index contributed by atoms with van der Waals surface area (Å²) in [6.45, 7) is -0.405. The van der Waals surface area contributed by atoms with Gasteiger partial charge in [0.15, 0.2) is 6.61 Å². The second-order valence-corrected chi connectivity index (χ2v) is 6.71. The Balaban J connectivity index is 1.64. The molecule has 0 aliphatic heterocycles. The molecule has 2 aromatic carbocycles. The van der Waals surface area contributed by atoms with Crippen molar-refractivity contribution >= 4 is 46.0 Å². The van der Waals surface area contributed by atoms with Gasteiger partial charge in [-0.15, -0.1) is 0 Å². The van der Waals surface area contributed by atoms with E-state index < -0.39 is 24.5 Å². The molecule has 1 amide bonds. The van der Waals surface area contributed by atoms with Crippen molar-refractivity contribution in [3.05, 3.63) is 64.3 Å². The van der Waals surface area contributed by atoms with Gasteiger partial charge >= 0.3 is 0 Å². The monoisotopic (exact) mass is 405 g/mol. The molecule has 2 N–H and O–H groups in total. The number of aromatic amines is 1. The molecule has 8 heteroatoms. The van der Waals surface area contributed by atoms with Gasteiger partial charge in [0, 0.05) is 34.6 Å². The van der Waals surface area contributed by atoms with E-state index in [1.54, 1.807) is 12.3 Å². The average Bonchev–Trinajstić information content (AvgIpc) is 3.05. The first-order valence-corrected chi connectivity index (χ1v) is 8.82. The normalized spacial score (nSPS) is 11.9. The van der Waals surface area contributed by atoms with Gasteiger partial charge in [0.1, 0.15) is 5.75 Å². The van der Waals surface area contributed by atoms with Crippen LogP contribution in [0.25, 0.3) is 10.9 Å². The zero-order valence-corrected chi connectivity index (χ0v) is 15.5. The van der Waals surface area contributed by atoms with Gasteiger partial charge in [-0.3, -0.25) is 4.79 Å². The lowest BCUT2D eigenvalue weighted by molar-refractivity contribution is -0.308. The number of hydrogen-bond donors (Lipinski definition) is 2. The second kappa shape index (κ2) is 8.33. The first kappa shape index (κ1) is 19.1. The minimum Gasteiger partial charge on any atom is -0.548 e. The smallest absolute Gasteiger partial charge is 0.258 e. The third-order valence-electron chi connectivity index (χ3n) is 3.97. The van der Waals surface area contributed by atoms with E-state index in [9.17, 15) is 14.7 Å². The molecule has 0 radical (unpaired) electrons. The quantitative estimate of drug-likeness (QED) is 0.630. The SMILES string of the molecule is O=C(COc1cc(Cl)ccc1Cl)N[C@H](Cc1c[nH]c2ccccc12)C(=O)[O-]. The van der Waals surface area contributed by atoms with Gasteiger partial charge in [-0.05, 0) is 23.8 Å². The summed E-state index contributed by atoms with van der Waals surface area (Å²) in [5, 5.41) is 15.4. The number of carbonyl (C=O) groups is 2. The van der Waals surface area contributed by atoms with Gasteiger partial charge in [0.2, 0.25) is 0 Å². The molecular formula is C19H15Cl2N2O4-. The van der Waals surface area contributed by atoms with E-state index in [0.717, 1.165) is 16.5 Å². The molecule has 1 heterocycles. The standard InChI is InChI=1S/C19H16Cl2N2O4/c20-12-5-6-14(21)17(8-12)27-10-18(24)23-16(19(25)26)7-11-9-22-15-4-2-1-3-13(11)15/h1-6,8-9,16,22H,7,10H2,(H,23,24)(H,25,26)/p-1/t16-/m1/s1. The summed E-state index contributed by atoms with van der Waals surface area (Å²) in [6.07, 6.45) is 1.80. The van der Waals surface area contributed by atoms with Crippen molar-refractivity contribution in [3.8, 4) is 5.75 Å². The summed E-state index contributed by atoms with van der Waals surface area (Å²) in [4.78, 5) is 26.6. The molecule has 0 bridgehead atoms. The maximum atomic E-state index is 12.1. The number of para-hydroxylation sites is 1. The number of carboxylic acid groups (broad SMARTS) is 1. The summed E-state index contributed by atoms with van der Waals surface area (Å²) in [7, 11) is 0. The van der Waals surface area contributed by atoms with E-state index in [2.05, 4.69) is 10.3 Å². The van der Waals surface area contributed by atoms with Crippen molar-refractivity contribution in [2.45, 2.75) is 12.5 Å². The summed E-state index contributed by atoms with van der Waals surface area (Å²) < 4.78 is 5.32. The maximum Gasteiger partial charge on any atom is 0.258 e. The first-order chi connectivity index (χ1) is 12.9. The first-order valence-electron chi connectivity index (χ1n) is 8.07. The van der Waals surface area contributed by atoms with Crippen molar-refractivity contribution in [3.63, 3.8) is 0 Å². The van der Waals surface area contributed by atoms with Crippen molar-refractivity contribution in [2.75, 3.05) is 6.61 Å². The molecule has 0 aliphatic rings. The highest BCUT2D eigenvalue weighted by Gasteiger charge is 2.17. The minimum absolute atomic E-state index is 0.0794. The molecule has 1 atom stereocenters. The molecule has 0 aliphatic carbocycles. The van der Waals surface area contributed by atoms with Gasteiger partial charge in [-0.2, -0.15) is 0 Å². The van der Waals surface area contributed by atoms with Gasteiger partial charge in [-0.1, -0.05) is 41.4 Å². The lowest BCUT2D eigenvalue weighted by atomic mass is 10.1. The van der Waals surface area contributed by atoms with Gasteiger partial charge in [-0.25, -0.2) is 0 Å². The summed E-state index contributed by atoms with van der Waals surface area (Å²) >= 11 is 11.8. The van der Waals surface area contributed by atoms with Crippen molar-refractivity contribution in [2.24, 2.45) is 0 Å². The van der Waals surface area contributed by atoms with Crippen LogP contribution in [0.4, 0.5) is 0 Å². The number of H-pyrrole nitrogens is 1.